The van der Waals surface area contributed by atoms with Gasteiger partial charge in [-0.2, -0.15) is 50.8 Å². The third kappa shape index (κ3) is 15.7. The van der Waals surface area contributed by atoms with E-state index in [1.54, 1.807) is 129 Å². The number of hydrogen-bond acceptors (Lipinski definition) is 21. The lowest BCUT2D eigenvalue weighted by atomic mass is 10.1. The van der Waals surface area contributed by atoms with Crippen molar-refractivity contribution in [3.63, 3.8) is 0 Å². The van der Waals surface area contributed by atoms with Crippen LogP contribution in [0.1, 0.15) is 34.3 Å². The number of phenols is 1. The highest BCUT2D eigenvalue weighted by molar-refractivity contribution is 7.86. The number of aryl methyl sites for hydroxylation is 2. The molecule has 0 atom stereocenters. The summed E-state index contributed by atoms with van der Waals surface area (Å²) in [7, 11) is -9.41. The Kier molecular flexibility index (Phi) is 18.9. The van der Waals surface area contributed by atoms with Gasteiger partial charge in [0, 0.05) is 51.6 Å². The summed E-state index contributed by atoms with van der Waals surface area (Å²) in [6.45, 7) is 3.59. The van der Waals surface area contributed by atoms with Crippen LogP contribution in [0.5, 0.6) is 28.7 Å². The van der Waals surface area contributed by atoms with E-state index in [4.69, 9.17) is 23.5 Å². The van der Waals surface area contributed by atoms with Crippen LogP contribution in [0, 0.1) is 13.8 Å². The summed E-state index contributed by atoms with van der Waals surface area (Å²) >= 11 is 0. The highest BCUT2D eigenvalue weighted by Crippen LogP contribution is 2.45. The number of aromatic hydroxyl groups is 1. The van der Waals surface area contributed by atoms with E-state index < -0.39 is 63.2 Å². The van der Waals surface area contributed by atoms with Crippen LogP contribution in [0.4, 0.5) is 62.6 Å². The molecule has 9 rings (SSSR count). The number of unbranched alkanes of at least 4 members (excludes halogenated alkanes) is 1. The quantitative estimate of drug-likeness (QED) is 0.0197. The third-order valence-corrected chi connectivity index (χ3v) is 15.8. The largest absolute Gasteiger partial charge is 0.505 e. The van der Waals surface area contributed by atoms with E-state index >= 15 is 0 Å². The van der Waals surface area contributed by atoms with Gasteiger partial charge in [0.05, 0.1) is 67.0 Å². The Bertz CT molecular complexity index is 4640. The lowest BCUT2D eigenvalue weighted by molar-refractivity contribution is 0.102. The summed E-state index contributed by atoms with van der Waals surface area (Å²) in [6.07, 6.45) is 0.334. The number of anilines is 3. The summed E-state index contributed by atoms with van der Waals surface area (Å²) in [5, 5.41) is 53.2. The number of carbonyl (C=O) groups is 1. The van der Waals surface area contributed by atoms with Gasteiger partial charge in [-0.15, -0.1) is 15.3 Å². The predicted octanol–water partition coefficient (Wildman–Crippen LogP) is 15.5. The topological polar surface area (TPSA) is 360 Å². The van der Waals surface area contributed by atoms with Crippen molar-refractivity contribution in [3.8, 4) is 28.7 Å². The molecule has 9 aromatic rings. The molecule has 6 N–H and O–H groups in total. The molecule has 0 unspecified atom stereocenters. The van der Waals surface area contributed by atoms with Gasteiger partial charge in [-0.1, -0.05) is 0 Å². The fourth-order valence-corrected chi connectivity index (χ4v) is 10.5. The van der Waals surface area contributed by atoms with Crippen LogP contribution >= 0.6 is 0 Å². The Morgan fingerprint density at radius 1 is 0.489 bits per heavy atom. The second-order valence-corrected chi connectivity index (χ2v) is 23.8. The van der Waals surface area contributed by atoms with Crippen molar-refractivity contribution in [2.75, 3.05) is 44.3 Å². The number of fused-ring (bicyclic) bond motifs is 2. The second kappa shape index (κ2) is 26.7. The van der Waals surface area contributed by atoms with Crippen LogP contribution in [0.25, 0.3) is 21.5 Å². The van der Waals surface area contributed by atoms with Gasteiger partial charge in [-0.05, 0) is 182 Å². The van der Waals surface area contributed by atoms with Crippen molar-refractivity contribution >= 4 is 120 Å². The molecule has 452 valence electrons. The molecule has 0 heterocycles. The zero-order chi connectivity index (χ0) is 62.9. The smallest absolute Gasteiger partial charge is 0.296 e. The van der Waals surface area contributed by atoms with Crippen LogP contribution in [0.2, 0.25) is 0 Å². The molecule has 25 nitrogen and oxygen atoms in total. The molecule has 0 aliphatic rings. The van der Waals surface area contributed by atoms with Crippen LogP contribution in [0.3, 0.4) is 0 Å². The van der Waals surface area contributed by atoms with Gasteiger partial charge < -0.3 is 34.7 Å². The maximum absolute atomic E-state index is 13.4. The van der Waals surface area contributed by atoms with Crippen LogP contribution in [-0.2, 0) is 30.4 Å². The molecular formula is C60H54N10O15S3. The third-order valence-electron chi connectivity index (χ3n) is 13.3. The fraction of sp³-hybridized carbons (Fsp3) is 0.150. The van der Waals surface area contributed by atoms with Gasteiger partial charge in [0.1, 0.15) is 45.0 Å². The van der Waals surface area contributed by atoms with E-state index in [0.717, 1.165) is 17.3 Å². The first-order valence-corrected chi connectivity index (χ1v) is 30.8. The lowest BCUT2D eigenvalue weighted by Crippen LogP contribution is -2.12. The SMILES string of the molecule is COc1ccc(Nc2ccc3c(O)c(N=Nc4cc(OC)c(N=Nc5ccc(N=Nc6ccc(N=Nc7ccc(C(=O)Nc8ccc9c(OCCCCS(=O)(=O)O)cc(S(=O)(=O)O)cc9c8)cc7C)cc6)c(C)c5)cc4OC)c(S(=O)(=O)O)cc3c2)cc1. The predicted molar refractivity (Wildman–Crippen MR) is 330 cm³/mol. The first-order valence-electron chi connectivity index (χ1n) is 26.3. The van der Waals surface area contributed by atoms with Crippen molar-refractivity contribution in [3.05, 3.63) is 168 Å². The van der Waals surface area contributed by atoms with Crippen molar-refractivity contribution < 1.29 is 67.8 Å². The van der Waals surface area contributed by atoms with E-state index in [2.05, 4.69) is 51.5 Å². The van der Waals surface area contributed by atoms with E-state index in [9.17, 15) is 44.3 Å². The number of amides is 1. The first kappa shape index (κ1) is 62.4. The number of hydrogen-bond donors (Lipinski definition) is 6. The molecule has 0 bridgehead atoms. The van der Waals surface area contributed by atoms with E-state index in [1.807, 2.05) is 6.92 Å². The molecule has 0 aromatic heterocycles. The first-order chi connectivity index (χ1) is 41.9. The molecule has 88 heavy (non-hydrogen) atoms. The average Bonchev–Trinajstić information content (AvgIpc) is 1.19. The molecule has 28 heteroatoms. The molecule has 0 saturated carbocycles. The highest BCUT2D eigenvalue weighted by Gasteiger charge is 2.24. The molecule has 0 aliphatic carbocycles. The molecule has 0 aliphatic heterocycles. The van der Waals surface area contributed by atoms with Crippen LogP contribution < -0.4 is 29.6 Å². The summed E-state index contributed by atoms with van der Waals surface area (Å²) in [5.41, 5.74) is 5.66. The molecule has 0 fully saturated rings. The van der Waals surface area contributed by atoms with E-state index in [0.29, 0.717) is 67.5 Å². The number of nitrogens with zero attached hydrogens (tertiary/aromatic N) is 8. The summed E-state index contributed by atoms with van der Waals surface area (Å²) < 4.78 is 123. The number of methoxy groups -OCH3 is 3. The maximum Gasteiger partial charge on any atom is 0.296 e. The fourth-order valence-electron chi connectivity index (χ4n) is 8.76. The standard InChI is InChI=1S/C60H54N10O15S3/c1-35-26-37(60(72)62-44-15-20-48-38(28-44)30-47(87(76,77)78)32-54(48)85-24-6-7-25-86(73,74)75)8-22-50(35)66-63-41-9-11-42(12-10-41)64-67-51-23-17-45(27-36(51)2)65-68-52-33-56(84-5)53(34-55(52)83-4)69-70-58-57(88(79,80)81)31-39-29-43(16-21-49(39)59(58)71)61-40-13-18-46(82-3)19-14-40/h8-23,26-34,61,71H,6-7,24-25H2,1-5H3,(H,62,72)(H,73,74,75)(H,76,77,78)(H,79,80,81). The van der Waals surface area contributed by atoms with E-state index in [-0.39, 0.29) is 58.8 Å². The molecule has 0 spiro atoms. The lowest BCUT2D eigenvalue weighted by Gasteiger charge is -2.13. The number of benzene rings is 9. The highest BCUT2D eigenvalue weighted by atomic mass is 32.2. The molecule has 0 saturated heterocycles. The zero-order valence-corrected chi connectivity index (χ0v) is 49.8. The average molecular weight is 1250 g/mol. The monoisotopic (exact) mass is 1250 g/mol. The van der Waals surface area contributed by atoms with Gasteiger partial charge in [0.25, 0.3) is 36.3 Å². The van der Waals surface area contributed by atoms with Crippen LogP contribution in [0.15, 0.2) is 202 Å². The van der Waals surface area contributed by atoms with Crippen molar-refractivity contribution in [2.24, 2.45) is 40.9 Å². The number of nitrogens with one attached hydrogen (secondary N) is 2. The minimum Gasteiger partial charge on any atom is -0.505 e. The molecule has 0 radical (unpaired) electrons. The number of azo groups is 4. The number of carbonyl (C=O) groups excluding carboxylic acids is 1. The number of rotatable bonds is 23. The number of phenolic OH excluding ortho intramolecular Hbond substituents is 1. The Labute approximate surface area is 504 Å². The number of ether oxygens (including phenoxy) is 4. The van der Waals surface area contributed by atoms with E-state index in [1.165, 1.54) is 44.6 Å². The van der Waals surface area contributed by atoms with Gasteiger partial charge in [0.15, 0.2) is 5.75 Å². The summed E-state index contributed by atoms with van der Waals surface area (Å²) in [6, 6.07) is 40.1. The van der Waals surface area contributed by atoms with Gasteiger partial charge in [-0.3, -0.25) is 18.5 Å². The summed E-state index contributed by atoms with van der Waals surface area (Å²) in [5.74, 6) is -0.374. The summed E-state index contributed by atoms with van der Waals surface area (Å²) in [4.78, 5) is 12.2. The van der Waals surface area contributed by atoms with Gasteiger partial charge in [-0.25, -0.2) is 0 Å². The minimum atomic E-state index is -4.93. The normalized spacial score (nSPS) is 12.2. The van der Waals surface area contributed by atoms with Gasteiger partial charge >= 0.3 is 0 Å². The van der Waals surface area contributed by atoms with Crippen molar-refractivity contribution in [2.45, 2.75) is 36.5 Å². The van der Waals surface area contributed by atoms with Crippen LogP contribution in [-0.4, -0.2) is 83.6 Å². The zero-order valence-electron chi connectivity index (χ0n) is 47.3. The Morgan fingerprint density at radius 2 is 1.03 bits per heavy atom. The Hall–Kier alpha value is -10.1. The molecular weight excluding hydrogens is 1200 g/mol. The minimum absolute atomic E-state index is 0.00478. The van der Waals surface area contributed by atoms with Crippen molar-refractivity contribution in [1.82, 2.24) is 0 Å². The van der Waals surface area contributed by atoms with Crippen molar-refractivity contribution in [1.29, 1.82) is 0 Å². The maximum atomic E-state index is 13.4. The Morgan fingerprint density at radius 3 is 1.62 bits per heavy atom. The molecule has 9 aromatic carbocycles. The molecule has 1 amide bonds. The Balaban J connectivity index is 0.819. The second-order valence-electron chi connectivity index (χ2n) is 19.4. The van der Waals surface area contributed by atoms with Gasteiger partial charge in [0.2, 0.25) is 0 Å².